The van der Waals surface area contributed by atoms with E-state index in [1.54, 1.807) is 15.2 Å². The summed E-state index contributed by atoms with van der Waals surface area (Å²) < 4.78 is 29.0. The lowest BCUT2D eigenvalue weighted by Crippen LogP contribution is -2.29. The van der Waals surface area contributed by atoms with Gasteiger partial charge in [-0.15, -0.1) is 0 Å². The van der Waals surface area contributed by atoms with Crippen molar-refractivity contribution >= 4 is 10.0 Å². The van der Waals surface area contributed by atoms with Crippen molar-refractivity contribution < 1.29 is 8.42 Å². The SMILES string of the molecule is CC(C)n1cc(S(=O)(=O)N2CCCC2)c(C(C)(C)C)n1. The van der Waals surface area contributed by atoms with Gasteiger partial charge in [-0.3, -0.25) is 4.68 Å². The number of hydrogen-bond donors (Lipinski definition) is 0. The Kier molecular flexibility index (Phi) is 3.99. The largest absolute Gasteiger partial charge is 0.269 e. The summed E-state index contributed by atoms with van der Waals surface area (Å²) in [5, 5.41) is 4.53. The Balaban J connectivity index is 2.54. The maximum atomic E-state index is 12.8. The number of aromatic nitrogens is 2. The van der Waals surface area contributed by atoms with Crippen molar-refractivity contribution in [2.45, 2.75) is 63.8 Å². The first-order chi connectivity index (χ1) is 9.14. The molecule has 6 heteroatoms. The highest BCUT2D eigenvalue weighted by Crippen LogP contribution is 2.31. The number of sulfonamides is 1. The maximum Gasteiger partial charge on any atom is 0.246 e. The third-order valence-corrected chi connectivity index (χ3v) is 5.52. The van der Waals surface area contributed by atoms with Crippen molar-refractivity contribution in [1.29, 1.82) is 0 Å². The summed E-state index contributed by atoms with van der Waals surface area (Å²) in [4.78, 5) is 0.376. The van der Waals surface area contributed by atoms with Crippen molar-refractivity contribution in [3.05, 3.63) is 11.9 Å². The molecule has 0 spiro atoms. The summed E-state index contributed by atoms with van der Waals surface area (Å²) in [6, 6.07) is 0.152. The maximum absolute atomic E-state index is 12.8. The van der Waals surface area contributed by atoms with Gasteiger partial charge >= 0.3 is 0 Å². The average molecular weight is 299 g/mol. The van der Waals surface area contributed by atoms with Gasteiger partial charge in [-0.25, -0.2) is 8.42 Å². The molecule has 5 nitrogen and oxygen atoms in total. The second kappa shape index (κ2) is 5.15. The zero-order valence-corrected chi connectivity index (χ0v) is 13.9. The van der Waals surface area contributed by atoms with E-state index in [0.717, 1.165) is 12.8 Å². The molecule has 0 aromatic carbocycles. The highest BCUT2D eigenvalue weighted by molar-refractivity contribution is 7.89. The molecule has 0 N–H and O–H groups in total. The molecule has 0 atom stereocenters. The fourth-order valence-corrected chi connectivity index (χ4v) is 4.27. The Morgan fingerprint density at radius 1 is 1.20 bits per heavy atom. The standard InChI is InChI=1S/C14H25N3O2S/c1-11(2)17-10-12(13(15-17)14(3,4)5)20(18,19)16-8-6-7-9-16/h10-11H,6-9H2,1-5H3. The van der Waals surface area contributed by atoms with Crippen LogP contribution in [0.3, 0.4) is 0 Å². The zero-order valence-electron chi connectivity index (χ0n) is 13.0. The van der Waals surface area contributed by atoms with Crippen LogP contribution >= 0.6 is 0 Å². The molecule has 2 heterocycles. The topological polar surface area (TPSA) is 55.2 Å². The third kappa shape index (κ3) is 2.76. The van der Waals surface area contributed by atoms with Gasteiger partial charge in [-0.05, 0) is 26.7 Å². The monoisotopic (exact) mass is 299 g/mol. The number of rotatable bonds is 3. The first-order valence-corrected chi connectivity index (χ1v) is 8.68. The highest BCUT2D eigenvalue weighted by atomic mass is 32.2. The molecule has 2 rings (SSSR count). The molecular formula is C14H25N3O2S. The summed E-state index contributed by atoms with van der Waals surface area (Å²) in [7, 11) is -3.42. The number of hydrogen-bond acceptors (Lipinski definition) is 3. The molecule has 20 heavy (non-hydrogen) atoms. The molecule has 1 aliphatic heterocycles. The molecule has 0 saturated carbocycles. The molecule has 114 valence electrons. The van der Waals surface area contributed by atoms with E-state index in [-0.39, 0.29) is 11.5 Å². The second-order valence-corrected chi connectivity index (χ2v) is 8.68. The van der Waals surface area contributed by atoms with Crippen molar-refractivity contribution in [3.8, 4) is 0 Å². The van der Waals surface area contributed by atoms with Crippen molar-refractivity contribution in [3.63, 3.8) is 0 Å². The van der Waals surface area contributed by atoms with E-state index in [1.165, 1.54) is 0 Å². The highest BCUT2D eigenvalue weighted by Gasteiger charge is 2.35. The minimum absolute atomic E-state index is 0.152. The molecule has 0 unspecified atom stereocenters. The normalized spacial score (nSPS) is 18.1. The molecule has 0 amide bonds. The average Bonchev–Trinajstić information content (AvgIpc) is 2.98. The van der Waals surface area contributed by atoms with Gasteiger partial charge in [0.05, 0.1) is 5.69 Å². The van der Waals surface area contributed by atoms with E-state index < -0.39 is 10.0 Å². The van der Waals surface area contributed by atoms with Crippen LogP contribution < -0.4 is 0 Å². The van der Waals surface area contributed by atoms with Gasteiger partial charge in [-0.2, -0.15) is 9.40 Å². The molecule has 1 saturated heterocycles. The van der Waals surface area contributed by atoms with Gasteiger partial charge in [0.2, 0.25) is 10.0 Å². The molecule has 1 aliphatic rings. The van der Waals surface area contributed by atoms with Gasteiger partial charge < -0.3 is 0 Å². The van der Waals surface area contributed by atoms with E-state index in [9.17, 15) is 8.42 Å². The van der Waals surface area contributed by atoms with E-state index in [4.69, 9.17) is 0 Å². The van der Waals surface area contributed by atoms with Crippen LogP contribution in [-0.2, 0) is 15.4 Å². The third-order valence-electron chi connectivity index (χ3n) is 3.62. The Labute approximate surface area is 122 Å². The molecular weight excluding hydrogens is 274 g/mol. The summed E-state index contributed by atoms with van der Waals surface area (Å²) >= 11 is 0. The summed E-state index contributed by atoms with van der Waals surface area (Å²) in [5.74, 6) is 0. The molecule has 1 aromatic rings. The second-order valence-electron chi connectivity index (χ2n) is 6.78. The Morgan fingerprint density at radius 3 is 2.20 bits per heavy atom. The minimum atomic E-state index is -3.42. The molecule has 0 bridgehead atoms. The fraction of sp³-hybridized carbons (Fsp3) is 0.786. The van der Waals surface area contributed by atoms with Crippen LogP contribution in [0.2, 0.25) is 0 Å². The van der Waals surface area contributed by atoms with Gasteiger partial charge in [0.25, 0.3) is 0 Å². The smallest absolute Gasteiger partial charge is 0.246 e. The van der Waals surface area contributed by atoms with Gasteiger partial charge in [-0.1, -0.05) is 20.8 Å². The van der Waals surface area contributed by atoms with Crippen LogP contribution in [0.15, 0.2) is 11.1 Å². The van der Waals surface area contributed by atoms with Crippen LogP contribution in [-0.4, -0.2) is 35.6 Å². The van der Waals surface area contributed by atoms with Crippen molar-refractivity contribution in [1.82, 2.24) is 14.1 Å². The van der Waals surface area contributed by atoms with E-state index in [1.807, 2.05) is 34.6 Å². The fourth-order valence-electron chi connectivity index (χ4n) is 2.42. The molecule has 1 aromatic heterocycles. The van der Waals surface area contributed by atoms with Crippen molar-refractivity contribution in [2.75, 3.05) is 13.1 Å². The quantitative estimate of drug-likeness (QED) is 0.862. The van der Waals surface area contributed by atoms with Crippen LogP contribution in [0.25, 0.3) is 0 Å². The van der Waals surface area contributed by atoms with E-state index in [0.29, 0.717) is 23.7 Å². The van der Waals surface area contributed by atoms with Crippen molar-refractivity contribution in [2.24, 2.45) is 0 Å². The Bertz CT molecular complexity index is 576. The summed E-state index contributed by atoms with van der Waals surface area (Å²) in [5.41, 5.74) is 0.375. The minimum Gasteiger partial charge on any atom is -0.269 e. The van der Waals surface area contributed by atoms with Gasteiger partial charge in [0.15, 0.2) is 0 Å². The van der Waals surface area contributed by atoms with E-state index in [2.05, 4.69) is 5.10 Å². The van der Waals surface area contributed by atoms with Crippen LogP contribution in [0.5, 0.6) is 0 Å². The lowest BCUT2D eigenvalue weighted by atomic mass is 9.92. The molecule has 1 fully saturated rings. The zero-order chi connectivity index (χ0) is 15.1. The van der Waals surface area contributed by atoms with Crippen LogP contribution in [0.4, 0.5) is 0 Å². The predicted octanol–water partition coefficient (Wildman–Crippen LogP) is 2.55. The Hall–Kier alpha value is -0.880. The first-order valence-electron chi connectivity index (χ1n) is 7.24. The van der Waals surface area contributed by atoms with Gasteiger partial charge in [0, 0.05) is 30.7 Å². The van der Waals surface area contributed by atoms with Gasteiger partial charge in [0.1, 0.15) is 4.90 Å². The Morgan fingerprint density at radius 2 is 1.75 bits per heavy atom. The lowest BCUT2D eigenvalue weighted by Gasteiger charge is -2.20. The predicted molar refractivity (Wildman–Crippen MR) is 79.3 cm³/mol. The molecule has 0 aliphatic carbocycles. The first kappa shape index (κ1) is 15.5. The van der Waals surface area contributed by atoms with Crippen LogP contribution in [0.1, 0.15) is 59.2 Å². The number of nitrogens with zero attached hydrogens (tertiary/aromatic N) is 3. The molecule has 0 radical (unpaired) electrons. The van der Waals surface area contributed by atoms with Crippen LogP contribution in [0, 0.1) is 0 Å². The van der Waals surface area contributed by atoms with E-state index >= 15 is 0 Å². The summed E-state index contributed by atoms with van der Waals surface area (Å²) in [6.45, 7) is 11.3. The summed E-state index contributed by atoms with van der Waals surface area (Å²) in [6.07, 6.45) is 3.59. The lowest BCUT2D eigenvalue weighted by molar-refractivity contribution is 0.470.